The molecule has 0 saturated carbocycles. The van der Waals surface area contributed by atoms with E-state index in [-0.39, 0.29) is 5.75 Å². The van der Waals surface area contributed by atoms with E-state index in [4.69, 9.17) is 15.0 Å². The molecular weight excluding hydrogens is 426 g/mol. The number of aromatic hydroxyl groups is 1. The molecule has 0 unspecified atom stereocenters. The first kappa shape index (κ1) is 23.8. The van der Waals surface area contributed by atoms with Crippen LogP contribution in [-0.4, -0.2) is 66.4 Å². The molecule has 0 spiro atoms. The number of nitrogens with one attached hydrogen (secondary N) is 2. The number of hydrogen-bond acceptors (Lipinski definition) is 8. The topological polar surface area (TPSA) is 89.4 Å². The first-order chi connectivity index (χ1) is 16.6. The number of piperazine rings is 1. The van der Waals surface area contributed by atoms with Crippen LogP contribution in [0.4, 0.5) is 17.8 Å². The zero-order valence-corrected chi connectivity index (χ0v) is 20.2. The highest BCUT2D eigenvalue weighted by Crippen LogP contribution is 2.18. The summed E-state index contributed by atoms with van der Waals surface area (Å²) in [6.07, 6.45) is 2.87. The summed E-state index contributed by atoms with van der Waals surface area (Å²) in [4.78, 5) is 18.6. The Hall–Kier alpha value is -3.39. The van der Waals surface area contributed by atoms with Crippen LogP contribution in [0, 0.1) is 6.92 Å². The van der Waals surface area contributed by atoms with Crippen molar-refractivity contribution >= 4 is 17.8 Å². The van der Waals surface area contributed by atoms with Gasteiger partial charge in [0.25, 0.3) is 0 Å². The number of hydrogen-bond donors (Lipinski definition) is 3. The van der Waals surface area contributed by atoms with Crippen molar-refractivity contribution in [2.24, 2.45) is 0 Å². The van der Waals surface area contributed by atoms with Gasteiger partial charge in [0.15, 0.2) is 0 Å². The molecule has 1 aliphatic heterocycles. The molecule has 1 fully saturated rings. The predicted octanol–water partition coefficient (Wildman–Crippen LogP) is 3.02. The van der Waals surface area contributed by atoms with Crippen molar-refractivity contribution in [3.05, 3.63) is 65.2 Å². The molecule has 180 valence electrons. The van der Waals surface area contributed by atoms with Gasteiger partial charge in [0, 0.05) is 46.3 Å². The Labute approximate surface area is 202 Å². The van der Waals surface area contributed by atoms with Crippen LogP contribution >= 0.6 is 0 Å². The number of nitrogens with zero attached hydrogens (tertiary/aromatic N) is 5. The highest BCUT2D eigenvalue weighted by molar-refractivity contribution is 5.45. The normalized spacial score (nSPS) is 13.6. The summed E-state index contributed by atoms with van der Waals surface area (Å²) in [6, 6.07) is 16.0. The van der Waals surface area contributed by atoms with Gasteiger partial charge in [0.05, 0.1) is 0 Å². The van der Waals surface area contributed by atoms with E-state index in [1.54, 1.807) is 12.1 Å². The molecule has 2 heterocycles. The van der Waals surface area contributed by atoms with E-state index in [2.05, 4.69) is 51.6 Å². The summed E-state index contributed by atoms with van der Waals surface area (Å²) in [5, 5.41) is 16.2. The van der Waals surface area contributed by atoms with Crippen LogP contribution in [0.15, 0.2) is 48.5 Å². The highest BCUT2D eigenvalue weighted by Gasteiger charge is 2.17. The van der Waals surface area contributed by atoms with Gasteiger partial charge in [0.2, 0.25) is 17.8 Å². The monoisotopic (exact) mass is 461 g/mol. The maximum atomic E-state index is 9.48. The molecule has 1 aliphatic rings. The lowest BCUT2D eigenvalue weighted by atomic mass is 10.1. The molecule has 1 aromatic heterocycles. The zero-order valence-electron chi connectivity index (χ0n) is 20.2. The third kappa shape index (κ3) is 6.81. The largest absolute Gasteiger partial charge is 0.508 e. The van der Waals surface area contributed by atoms with E-state index >= 15 is 0 Å². The number of anilines is 3. The van der Waals surface area contributed by atoms with Gasteiger partial charge in [0.1, 0.15) is 5.75 Å². The van der Waals surface area contributed by atoms with Crippen molar-refractivity contribution in [3.63, 3.8) is 0 Å². The Balaban J connectivity index is 1.41. The molecule has 1 saturated heterocycles. The smallest absolute Gasteiger partial charge is 0.232 e. The molecule has 0 radical (unpaired) electrons. The highest BCUT2D eigenvalue weighted by atomic mass is 16.3. The van der Waals surface area contributed by atoms with Crippen LogP contribution in [-0.2, 0) is 12.8 Å². The fourth-order valence-electron chi connectivity index (χ4n) is 3.97. The van der Waals surface area contributed by atoms with Crippen LogP contribution in [0.25, 0.3) is 0 Å². The van der Waals surface area contributed by atoms with Gasteiger partial charge < -0.3 is 25.5 Å². The molecule has 0 bridgehead atoms. The molecule has 0 amide bonds. The van der Waals surface area contributed by atoms with Crippen LogP contribution in [0.1, 0.15) is 23.1 Å². The van der Waals surface area contributed by atoms with E-state index in [0.717, 1.165) is 63.5 Å². The summed E-state index contributed by atoms with van der Waals surface area (Å²) < 4.78 is 0. The van der Waals surface area contributed by atoms with Gasteiger partial charge in [-0.15, -0.1) is 0 Å². The number of rotatable bonds is 10. The van der Waals surface area contributed by atoms with Crippen LogP contribution < -0.4 is 20.4 Å². The Kier molecular flexibility index (Phi) is 8.14. The van der Waals surface area contributed by atoms with Gasteiger partial charge in [-0.3, -0.25) is 0 Å². The SMILES string of the molecule is Cc1ccc(CCCN(C)c2nc(NCCc3ccc(O)cc3)nc(N3CCNCC3)n2)cc1. The molecule has 3 aromatic rings. The van der Waals surface area contributed by atoms with E-state index in [1.165, 1.54) is 11.1 Å². The fraction of sp³-hybridized carbons (Fsp3) is 0.423. The van der Waals surface area contributed by atoms with E-state index < -0.39 is 0 Å². The van der Waals surface area contributed by atoms with Gasteiger partial charge >= 0.3 is 0 Å². The molecule has 0 atom stereocenters. The predicted molar refractivity (Wildman–Crippen MR) is 138 cm³/mol. The van der Waals surface area contributed by atoms with Crippen molar-refractivity contribution < 1.29 is 5.11 Å². The van der Waals surface area contributed by atoms with E-state index in [9.17, 15) is 5.11 Å². The lowest BCUT2D eigenvalue weighted by Crippen LogP contribution is -2.44. The van der Waals surface area contributed by atoms with Crippen LogP contribution in [0.2, 0.25) is 0 Å². The van der Waals surface area contributed by atoms with Crippen LogP contribution in [0.3, 0.4) is 0 Å². The van der Waals surface area contributed by atoms with Crippen LogP contribution in [0.5, 0.6) is 5.75 Å². The van der Waals surface area contributed by atoms with Crippen molar-refractivity contribution in [2.75, 3.05) is 61.4 Å². The molecule has 3 N–H and O–H groups in total. The summed E-state index contributed by atoms with van der Waals surface area (Å²) in [5.74, 6) is 2.30. The van der Waals surface area contributed by atoms with E-state index in [0.29, 0.717) is 18.4 Å². The number of aryl methyl sites for hydroxylation is 2. The number of aromatic nitrogens is 3. The maximum absolute atomic E-state index is 9.48. The second-order valence-electron chi connectivity index (χ2n) is 8.85. The van der Waals surface area contributed by atoms with Gasteiger partial charge in [-0.2, -0.15) is 15.0 Å². The molecule has 34 heavy (non-hydrogen) atoms. The third-order valence-electron chi connectivity index (χ3n) is 6.07. The maximum Gasteiger partial charge on any atom is 0.232 e. The fourth-order valence-corrected chi connectivity index (χ4v) is 3.97. The molecular formula is C26H35N7O. The Bertz CT molecular complexity index is 1030. The number of benzene rings is 2. The zero-order chi connectivity index (χ0) is 23.8. The summed E-state index contributed by atoms with van der Waals surface area (Å²) in [6.45, 7) is 7.30. The molecule has 4 rings (SSSR count). The van der Waals surface area contributed by atoms with E-state index in [1.807, 2.05) is 19.2 Å². The van der Waals surface area contributed by atoms with Gasteiger partial charge in [-0.05, 0) is 49.4 Å². The minimum Gasteiger partial charge on any atom is -0.508 e. The van der Waals surface area contributed by atoms with Gasteiger partial charge in [-0.25, -0.2) is 0 Å². The third-order valence-corrected chi connectivity index (χ3v) is 6.07. The lowest BCUT2D eigenvalue weighted by Gasteiger charge is -2.28. The Morgan fingerprint density at radius 1 is 0.941 bits per heavy atom. The summed E-state index contributed by atoms with van der Waals surface area (Å²) >= 11 is 0. The molecule has 0 aliphatic carbocycles. The first-order valence-corrected chi connectivity index (χ1v) is 12.1. The first-order valence-electron chi connectivity index (χ1n) is 12.1. The summed E-state index contributed by atoms with van der Waals surface area (Å²) in [7, 11) is 2.05. The van der Waals surface area contributed by atoms with Crippen molar-refractivity contribution in [2.45, 2.75) is 26.2 Å². The standard InChI is InChI=1S/C26H35N7O/c1-20-5-7-21(8-6-20)4-3-17-32(2)25-29-24(28-14-13-22-9-11-23(34)12-10-22)30-26(31-25)33-18-15-27-16-19-33/h5-12,27,34H,3-4,13-19H2,1-2H3,(H,28,29,30,31). The molecule has 8 heteroatoms. The van der Waals surface area contributed by atoms with Crippen molar-refractivity contribution in [1.29, 1.82) is 0 Å². The van der Waals surface area contributed by atoms with Gasteiger partial charge in [-0.1, -0.05) is 42.0 Å². The minimum absolute atomic E-state index is 0.282. The lowest BCUT2D eigenvalue weighted by molar-refractivity contribution is 0.475. The average Bonchev–Trinajstić information content (AvgIpc) is 2.87. The average molecular weight is 462 g/mol. The molecule has 8 nitrogen and oxygen atoms in total. The Morgan fingerprint density at radius 3 is 2.35 bits per heavy atom. The quantitative estimate of drug-likeness (QED) is 0.425. The number of phenols is 1. The van der Waals surface area contributed by atoms with Crippen molar-refractivity contribution in [1.82, 2.24) is 20.3 Å². The Morgan fingerprint density at radius 2 is 1.62 bits per heavy atom. The minimum atomic E-state index is 0.282. The van der Waals surface area contributed by atoms with Crippen molar-refractivity contribution in [3.8, 4) is 5.75 Å². The molecule has 2 aromatic carbocycles. The second kappa shape index (κ2) is 11.7. The number of phenolic OH excluding ortho intramolecular Hbond substituents is 1. The summed E-state index contributed by atoms with van der Waals surface area (Å²) in [5.41, 5.74) is 3.79. The second-order valence-corrected chi connectivity index (χ2v) is 8.85.